The molecule has 1 heterocycles. The van der Waals surface area contributed by atoms with Crippen LogP contribution in [0.25, 0.3) is 11.1 Å². The zero-order valence-electron chi connectivity index (χ0n) is 16.2. The Balaban J connectivity index is 1.69. The second-order valence-corrected chi connectivity index (χ2v) is 7.53. The van der Waals surface area contributed by atoms with E-state index in [9.17, 15) is 4.79 Å². The lowest BCUT2D eigenvalue weighted by molar-refractivity contribution is -0.668. The Morgan fingerprint density at radius 3 is 2.21 bits per heavy atom. The molecular weight excluding hydrogens is 346 g/mol. The highest BCUT2D eigenvalue weighted by atomic mass is 16.6. The molecule has 0 amide bonds. The van der Waals surface area contributed by atoms with Gasteiger partial charge in [-0.25, -0.2) is 4.79 Å². The molecule has 0 spiro atoms. The van der Waals surface area contributed by atoms with Crippen molar-refractivity contribution in [2.24, 2.45) is 0 Å². The van der Waals surface area contributed by atoms with Crippen molar-refractivity contribution in [3.8, 4) is 11.1 Å². The van der Waals surface area contributed by atoms with Crippen molar-refractivity contribution in [2.45, 2.75) is 25.4 Å². The van der Waals surface area contributed by atoms with E-state index in [2.05, 4.69) is 48.6 Å². The molecule has 1 aliphatic heterocycles. The van der Waals surface area contributed by atoms with Gasteiger partial charge in [-0.2, -0.15) is 0 Å². The van der Waals surface area contributed by atoms with Crippen LogP contribution in [0.2, 0.25) is 0 Å². The van der Waals surface area contributed by atoms with Gasteiger partial charge in [0.2, 0.25) is 0 Å². The van der Waals surface area contributed by atoms with E-state index in [4.69, 9.17) is 4.74 Å². The predicted molar refractivity (Wildman–Crippen MR) is 111 cm³/mol. The van der Waals surface area contributed by atoms with Crippen molar-refractivity contribution >= 4 is 5.97 Å². The fourth-order valence-corrected chi connectivity index (χ4v) is 4.01. The van der Waals surface area contributed by atoms with Crippen LogP contribution in [0.15, 0.2) is 78.9 Å². The van der Waals surface area contributed by atoms with Crippen molar-refractivity contribution < 1.29 is 14.8 Å². The van der Waals surface area contributed by atoms with Gasteiger partial charge < -0.3 is 10.1 Å². The number of quaternary nitrogens is 1. The number of nitrogens with two attached hydrogens (primary N) is 1. The maximum atomic E-state index is 13.3. The van der Waals surface area contributed by atoms with E-state index in [1.54, 1.807) is 0 Å². The Morgan fingerprint density at radius 2 is 1.50 bits per heavy atom. The smallest absolute Gasteiger partial charge is 0.339 e. The molecule has 0 bridgehead atoms. The maximum Gasteiger partial charge on any atom is 0.339 e. The van der Waals surface area contributed by atoms with Gasteiger partial charge in [-0.3, -0.25) is 0 Å². The number of carbonyl (C=O) groups excluding carboxylic acids is 1. The van der Waals surface area contributed by atoms with Crippen LogP contribution in [-0.2, 0) is 10.3 Å². The highest BCUT2D eigenvalue weighted by Gasteiger charge is 2.40. The number of rotatable bonds is 4. The summed E-state index contributed by atoms with van der Waals surface area (Å²) in [6, 6.07) is 26.2. The van der Waals surface area contributed by atoms with Gasteiger partial charge in [0.15, 0.2) is 0 Å². The average molecular weight is 372 g/mol. The molecule has 2 N–H and O–H groups in total. The number of aryl methyl sites for hydroxylation is 1. The summed E-state index contributed by atoms with van der Waals surface area (Å²) in [5.74, 6) is -0.248. The van der Waals surface area contributed by atoms with E-state index >= 15 is 0 Å². The molecular formula is C25H26NO2+. The lowest BCUT2D eigenvalue weighted by Gasteiger charge is -2.36. The van der Waals surface area contributed by atoms with Crippen LogP contribution in [0.4, 0.5) is 0 Å². The number of hydrogen-bond acceptors (Lipinski definition) is 2. The second-order valence-electron chi connectivity index (χ2n) is 7.53. The molecule has 3 nitrogen and oxygen atoms in total. The highest BCUT2D eigenvalue weighted by molar-refractivity contribution is 5.97. The Morgan fingerprint density at radius 1 is 0.857 bits per heavy atom. The van der Waals surface area contributed by atoms with Crippen molar-refractivity contribution in [3.63, 3.8) is 0 Å². The maximum absolute atomic E-state index is 13.3. The summed E-state index contributed by atoms with van der Waals surface area (Å²) >= 11 is 0. The lowest BCUT2D eigenvalue weighted by atomic mass is 9.84. The first-order valence-corrected chi connectivity index (χ1v) is 9.95. The lowest BCUT2D eigenvalue weighted by Crippen LogP contribution is -2.87. The molecule has 0 aliphatic carbocycles. The number of benzene rings is 3. The quantitative estimate of drug-likeness (QED) is 0.702. The number of hydrogen-bond donors (Lipinski definition) is 1. The van der Waals surface area contributed by atoms with Gasteiger partial charge in [0, 0.05) is 12.8 Å². The number of carbonyl (C=O) groups is 1. The van der Waals surface area contributed by atoms with Crippen LogP contribution in [0.1, 0.15) is 34.3 Å². The first-order valence-electron chi connectivity index (χ1n) is 9.95. The molecule has 28 heavy (non-hydrogen) atoms. The Hall–Kier alpha value is -2.91. The number of ether oxygens (including phenoxy) is 1. The summed E-state index contributed by atoms with van der Waals surface area (Å²) in [7, 11) is 0. The van der Waals surface area contributed by atoms with E-state index in [0.717, 1.165) is 42.6 Å². The van der Waals surface area contributed by atoms with Gasteiger partial charge in [-0.15, -0.1) is 0 Å². The third kappa shape index (κ3) is 3.71. The molecule has 1 aliphatic rings. The normalized spacial score (nSPS) is 15.8. The van der Waals surface area contributed by atoms with Crippen LogP contribution < -0.4 is 5.32 Å². The predicted octanol–water partition coefficient (Wildman–Crippen LogP) is 4.07. The van der Waals surface area contributed by atoms with Crippen LogP contribution in [0, 0.1) is 6.92 Å². The number of esters is 1. The van der Waals surface area contributed by atoms with Crippen LogP contribution >= 0.6 is 0 Å². The summed E-state index contributed by atoms with van der Waals surface area (Å²) in [6.45, 7) is 3.98. The molecule has 4 rings (SSSR count). The highest BCUT2D eigenvalue weighted by Crippen LogP contribution is 2.35. The summed E-state index contributed by atoms with van der Waals surface area (Å²) < 4.78 is 6.28. The molecule has 1 saturated heterocycles. The van der Waals surface area contributed by atoms with Gasteiger partial charge in [-0.05, 0) is 29.7 Å². The largest absolute Gasteiger partial charge is 0.450 e. The van der Waals surface area contributed by atoms with E-state index in [1.807, 2.05) is 42.5 Å². The van der Waals surface area contributed by atoms with Gasteiger partial charge in [0.1, 0.15) is 5.60 Å². The topological polar surface area (TPSA) is 42.9 Å². The Bertz CT molecular complexity index is 942. The summed E-state index contributed by atoms with van der Waals surface area (Å²) in [4.78, 5) is 13.3. The van der Waals surface area contributed by atoms with Gasteiger partial charge in [0.05, 0.1) is 18.7 Å². The van der Waals surface area contributed by atoms with E-state index in [1.165, 1.54) is 5.56 Å². The zero-order valence-corrected chi connectivity index (χ0v) is 16.2. The van der Waals surface area contributed by atoms with Crippen molar-refractivity contribution in [1.29, 1.82) is 0 Å². The minimum atomic E-state index is -0.548. The van der Waals surface area contributed by atoms with E-state index in [0.29, 0.717) is 5.56 Å². The Kier molecular flexibility index (Phi) is 5.27. The second kappa shape index (κ2) is 7.99. The standard InChI is InChI=1S/C25H25NO2/c1-19-11-13-20(14-12-19)22-9-5-6-10-23(22)24(27)28-25(15-17-26-18-16-25)21-7-3-2-4-8-21/h2-14,26H,15-18H2,1H3/p+1. The third-order valence-corrected chi connectivity index (χ3v) is 5.60. The minimum Gasteiger partial charge on any atom is -0.450 e. The molecule has 0 radical (unpaired) electrons. The molecule has 3 aromatic carbocycles. The Labute approximate surface area is 166 Å². The van der Waals surface area contributed by atoms with Crippen molar-refractivity contribution in [2.75, 3.05) is 13.1 Å². The van der Waals surface area contributed by atoms with Crippen LogP contribution in [-0.4, -0.2) is 19.1 Å². The van der Waals surface area contributed by atoms with Gasteiger partial charge in [-0.1, -0.05) is 78.4 Å². The summed E-state index contributed by atoms with van der Waals surface area (Å²) in [5.41, 5.74) is 4.31. The van der Waals surface area contributed by atoms with Crippen molar-refractivity contribution in [1.82, 2.24) is 0 Å². The molecule has 0 saturated carbocycles. The summed E-state index contributed by atoms with van der Waals surface area (Å²) in [6.07, 6.45) is 1.66. The fourth-order valence-electron chi connectivity index (χ4n) is 4.01. The molecule has 0 atom stereocenters. The van der Waals surface area contributed by atoms with Crippen molar-refractivity contribution in [3.05, 3.63) is 95.6 Å². The van der Waals surface area contributed by atoms with Gasteiger partial charge in [0.25, 0.3) is 0 Å². The molecule has 1 fully saturated rings. The SMILES string of the molecule is Cc1ccc(-c2ccccc2C(=O)OC2(c3ccccc3)CC[NH2+]CC2)cc1. The minimum absolute atomic E-state index is 0.248. The van der Waals surface area contributed by atoms with Gasteiger partial charge >= 0.3 is 5.97 Å². The molecule has 0 aromatic heterocycles. The van der Waals surface area contributed by atoms with Crippen LogP contribution in [0.3, 0.4) is 0 Å². The molecule has 3 heteroatoms. The fraction of sp³-hybridized carbons (Fsp3) is 0.240. The molecule has 3 aromatic rings. The third-order valence-electron chi connectivity index (χ3n) is 5.60. The monoisotopic (exact) mass is 372 g/mol. The average Bonchev–Trinajstić information content (AvgIpc) is 2.75. The van der Waals surface area contributed by atoms with E-state index in [-0.39, 0.29) is 5.97 Å². The first-order chi connectivity index (χ1) is 13.7. The summed E-state index contributed by atoms with van der Waals surface area (Å²) in [5, 5.41) is 2.29. The van der Waals surface area contributed by atoms with E-state index < -0.39 is 5.60 Å². The molecule has 142 valence electrons. The zero-order chi connectivity index (χ0) is 19.4. The number of piperidine rings is 1. The van der Waals surface area contributed by atoms with Crippen LogP contribution in [0.5, 0.6) is 0 Å². The molecule has 0 unspecified atom stereocenters. The first kappa shape index (κ1) is 18.5.